The van der Waals surface area contributed by atoms with Crippen LogP contribution in [0.15, 0.2) is 18.2 Å². The van der Waals surface area contributed by atoms with E-state index in [-0.39, 0.29) is 11.3 Å². The van der Waals surface area contributed by atoms with Crippen LogP contribution in [0.2, 0.25) is 0 Å². The molecule has 1 aliphatic rings. The first-order valence-corrected chi connectivity index (χ1v) is 7.57. The zero-order chi connectivity index (χ0) is 14.8. The SMILES string of the molecule is CC(C)(C)C(=O)N1CCc2cc(CCCCN)ccc21. The molecule has 20 heavy (non-hydrogen) atoms. The van der Waals surface area contributed by atoms with E-state index in [1.54, 1.807) is 0 Å². The number of unbranched alkanes of at least 4 members (excludes halogenated alkanes) is 1. The van der Waals surface area contributed by atoms with Gasteiger partial charge in [0.15, 0.2) is 0 Å². The van der Waals surface area contributed by atoms with Gasteiger partial charge in [0.05, 0.1) is 0 Å². The molecule has 0 saturated heterocycles. The molecule has 0 saturated carbocycles. The smallest absolute Gasteiger partial charge is 0.232 e. The van der Waals surface area contributed by atoms with Crippen LogP contribution in [0.4, 0.5) is 5.69 Å². The van der Waals surface area contributed by atoms with E-state index in [2.05, 4.69) is 18.2 Å². The predicted octanol–water partition coefficient (Wildman–Crippen LogP) is 2.90. The lowest BCUT2D eigenvalue weighted by molar-refractivity contribution is -0.125. The van der Waals surface area contributed by atoms with E-state index in [0.29, 0.717) is 0 Å². The topological polar surface area (TPSA) is 46.3 Å². The summed E-state index contributed by atoms with van der Waals surface area (Å²) in [4.78, 5) is 14.4. The number of nitrogens with two attached hydrogens (primary N) is 1. The molecule has 0 bridgehead atoms. The van der Waals surface area contributed by atoms with Crippen molar-refractivity contribution in [1.29, 1.82) is 0 Å². The normalized spacial score (nSPS) is 14.5. The maximum absolute atomic E-state index is 12.4. The highest BCUT2D eigenvalue weighted by atomic mass is 16.2. The van der Waals surface area contributed by atoms with Crippen molar-refractivity contribution in [3.05, 3.63) is 29.3 Å². The minimum absolute atomic E-state index is 0.215. The summed E-state index contributed by atoms with van der Waals surface area (Å²) in [7, 11) is 0. The molecule has 0 atom stereocenters. The molecule has 110 valence electrons. The summed E-state index contributed by atoms with van der Waals surface area (Å²) in [5.41, 5.74) is 8.99. The Bertz CT molecular complexity index is 488. The molecule has 2 N–H and O–H groups in total. The van der Waals surface area contributed by atoms with Gasteiger partial charge in [0.25, 0.3) is 0 Å². The summed E-state index contributed by atoms with van der Waals surface area (Å²) in [6, 6.07) is 6.54. The maximum atomic E-state index is 12.4. The lowest BCUT2D eigenvalue weighted by atomic mass is 9.94. The lowest BCUT2D eigenvalue weighted by Gasteiger charge is -2.26. The standard InChI is InChI=1S/C17H26N2O/c1-17(2,3)16(20)19-11-9-14-12-13(6-4-5-10-18)7-8-15(14)19/h7-8,12H,4-6,9-11,18H2,1-3H3. The Hall–Kier alpha value is -1.35. The van der Waals surface area contributed by atoms with E-state index in [9.17, 15) is 4.79 Å². The van der Waals surface area contributed by atoms with E-state index < -0.39 is 0 Å². The van der Waals surface area contributed by atoms with Gasteiger partial charge in [0, 0.05) is 17.6 Å². The van der Waals surface area contributed by atoms with Crippen molar-refractivity contribution in [2.45, 2.75) is 46.5 Å². The average Bonchev–Trinajstić information content (AvgIpc) is 2.80. The molecular formula is C17H26N2O. The molecule has 0 unspecified atom stereocenters. The number of amides is 1. The summed E-state index contributed by atoms with van der Waals surface area (Å²) >= 11 is 0. The summed E-state index contributed by atoms with van der Waals surface area (Å²) in [5, 5.41) is 0. The van der Waals surface area contributed by atoms with Gasteiger partial charge in [-0.25, -0.2) is 0 Å². The summed E-state index contributed by atoms with van der Waals surface area (Å²) in [6.07, 6.45) is 4.27. The fraction of sp³-hybridized carbons (Fsp3) is 0.588. The first kappa shape index (κ1) is 15.0. The predicted molar refractivity (Wildman–Crippen MR) is 83.9 cm³/mol. The van der Waals surface area contributed by atoms with Gasteiger partial charge in [-0.3, -0.25) is 4.79 Å². The Morgan fingerprint density at radius 2 is 2.05 bits per heavy atom. The number of hydrogen-bond acceptors (Lipinski definition) is 2. The molecule has 1 amide bonds. The molecule has 1 aromatic carbocycles. The second kappa shape index (κ2) is 5.96. The number of nitrogens with zero attached hydrogens (tertiary/aromatic N) is 1. The van der Waals surface area contributed by atoms with Crippen LogP contribution in [0.25, 0.3) is 0 Å². The number of anilines is 1. The molecule has 1 aliphatic heterocycles. The number of fused-ring (bicyclic) bond motifs is 1. The van der Waals surface area contributed by atoms with Crippen LogP contribution in [0.5, 0.6) is 0 Å². The zero-order valence-corrected chi connectivity index (χ0v) is 12.9. The van der Waals surface area contributed by atoms with Gasteiger partial charge in [0.1, 0.15) is 0 Å². The largest absolute Gasteiger partial charge is 0.330 e. The van der Waals surface area contributed by atoms with Crippen molar-refractivity contribution in [3.63, 3.8) is 0 Å². The maximum Gasteiger partial charge on any atom is 0.232 e. The van der Waals surface area contributed by atoms with Crippen LogP contribution in [-0.4, -0.2) is 19.0 Å². The van der Waals surface area contributed by atoms with E-state index in [1.807, 2.05) is 25.7 Å². The minimum Gasteiger partial charge on any atom is -0.330 e. The Morgan fingerprint density at radius 3 is 2.70 bits per heavy atom. The number of rotatable bonds is 4. The number of benzene rings is 1. The van der Waals surface area contributed by atoms with E-state index >= 15 is 0 Å². The molecule has 0 fully saturated rings. The molecule has 0 aromatic heterocycles. The van der Waals surface area contributed by atoms with Crippen molar-refractivity contribution in [2.75, 3.05) is 18.0 Å². The molecule has 3 nitrogen and oxygen atoms in total. The molecule has 3 heteroatoms. The second-order valence-corrected chi connectivity index (χ2v) is 6.67. The monoisotopic (exact) mass is 274 g/mol. The Morgan fingerprint density at radius 1 is 1.30 bits per heavy atom. The van der Waals surface area contributed by atoms with Crippen LogP contribution in [0.3, 0.4) is 0 Å². The molecule has 1 heterocycles. The van der Waals surface area contributed by atoms with Crippen LogP contribution in [0, 0.1) is 5.41 Å². The molecule has 0 aliphatic carbocycles. The third-order valence-corrected chi connectivity index (χ3v) is 3.85. The third-order valence-electron chi connectivity index (χ3n) is 3.85. The highest BCUT2D eigenvalue weighted by molar-refractivity contribution is 5.98. The van der Waals surface area contributed by atoms with Gasteiger partial charge >= 0.3 is 0 Å². The Kier molecular flexibility index (Phi) is 4.48. The number of hydrogen-bond donors (Lipinski definition) is 1. The lowest BCUT2D eigenvalue weighted by Crippen LogP contribution is -2.38. The zero-order valence-electron chi connectivity index (χ0n) is 12.9. The van der Waals surface area contributed by atoms with Crippen molar-refractivity contribution >= 4 is 11.6 Å². The molecule has 0 radical (unpaired) electrons. The van der Waals surface area contributed by atoms with E-state index in [1.165, 1.54) is 11.1 Å². The Labute approximate surface area is 122 Å². The number of carbonyl (C=O) groups is 1. The van der Waals surface area contributed by atoms with Crippen molar-refractivity contribution in [2.24, 2.45) is 11.1 Å². The van der Waals surface area contributed by atoms with Crippen LogP contribution in [-0.2, 0) is 17.6 Å². The number of aryl methyl sites for hydroxylation is 1. The third kappa shape index (κ3) is 3.21. The summed E-state index contributed by atoms with van der Waals surface area (Å²) < 4.78 is 0. The fourth-order valence-electron chi connectivity index (χ4n) is 2.70. The quantitative estimate of drug-likeness (QED) is 0.858. The van der Waals surface area contributed by atoms with Gasteiger partial charge in [-0.2, -0.15) is 0 Å². The fourth-order valence-corrected chi connectivity index (χ4v) is 2.70. The van der Waals surface area contributed by atoms with Gasteiger partial charge in [-0.15, -0.1) is 0 Å². The average molecular weight is 274 g/mol. The molecule has 0 spiro atoms. The second-order valence-electron chi connectivity index (χ2n) is 6.67. The van der Waals surface area contributed by atoms with Gasteiger partial charge in [0.2, 0.25) is 5.91 Å². The van der Waals surface area contributed by atoms with E-state index in [4.69, 9.17) is 5.73 Å². The Balaban J connectivity index is 2.12. The van der Waals surface area contributed by atoms with Crippen molar-refractivity contribution < 1.29 is 4.79 Å². The van der Waals surface area contributed by atoms with E-state index in [0.717, 1.165) is 44.5 Å². The highest BCUT2D eigenvalue weighted by Crippen LogP contribution is 2.32. The molecule has 1 aromatic rings. The van der Waals surface area contributed by atoms with Gasteiger partial charge < -0.3 is 10.6 Å². The van der Waals surface area contributed by atoms with Crippen molar-refractivity contribution in [1.82, 2.24) is 0 Å². The first-order valence-electron chi connectivity index (χ1n) is 7.57. The summed E-state index contributed by atoms with van der Waals surface area (Å²) in [5.74, 6) is 0.215. The molecule has 2 rings (SSSR count). The van der Waals surface area contributed by atoms with Crippen molar-refractivity contribution in [3.8, 4) is 0 Å². The van der Waals surface area contributed by atoms with Gasteiger partial charge in [-0.1, -0.05) is 32.9 Å². The van der Waals surface area contributed by atoms with Crippen LogP contribution >= 0.6 is 0 Å². The summed E-state index contributed by atoms with van der Waals surface area (Å²) in [6.45, 7) is 7.52. The first-order chi connectivity index (χ1) is 9.43. The highest BCUT2D eigenvalue weighted by Gasteiger charge is 2.32. The minimum atomic E-state index is -0.318. The number of carbonyl (C=O) groups excluding carboxylic acids is 1. The van der Waals surface area contributed by atoms with Crippen LogP contribution < -0.4 is 10.6 Å². The van der Waals surface area contributed by atoms with Gasteiger partial charge in [-0.05, 0) is 49.4 Å². The molecular weight excluding hydrogens is 248 g/mol. The van der Waals surface area contributed by atoms with Crippen LogP contribution in [0.1, 0.15) is 44.7 Å².